The van der Waals surface area contributed by atoms with Gasteiger partial charge < -0.3 is 0 Å². The van der Waals surface area contributed by atoms with Crippen molar-refractivity contribution in [1.82, 2.24) is 4.98 Å². The molecule has 0 amide bonds. The van der Waals surface area contributed by atoms with E-state index < -0.39 is 15.8 Å². The van der Waals surface area contributed by atoms with Gasteiger partial charge in [-0.3, -0.25) is 4.72 Å². The van der Waals surface area contributed by atoms with E-state index in [9.17, 15) is 12.8 Å². The monoisotopic (exact) mass is 374 g/mol. The predicted molar refractivity (Wildman–Crippen MR) is 96.9 cm³/mol. The number of aryl methyl sites for hydroxylation is 3. The lowest BCUT2D eigenvalue weighted by molar-refractivity contribution is 0.598. The van der Waals surface area contributed by atoms with Gasteiger partial charge in [-0.05, 0) is 49.1 Å². The number of halogens is 1. The van der Waals surface area contributed by atoms with Crippen molar-refractivity contribution in [2.45, 2.75) is 24.7 Å². The highest BCUT2D eigenvalue weighted by Crippen LogP contribution is 2.38. The van der Waals surface area contributed by atoms with Crippen LogP contribution in [0.3, 0.4) is 0 Å². The summed E-state index contributed by atoms with van der Waals surface area (Å²) in [4.78, 5) is 5.64. The van der Waals surface area contributed by atoms with Gasteiger partial charge in [0.15, 0.2) is 5.13 Å². The Labute approximate surface area is 149 Å². The van der Waals surface area contributed by atoms with Gasteiger partial charge in [-0.25, -0.2) is 17.8 Å². The van der Waals surface area contributed by atoms with E-state index in [1.807, 2.05) is 18.2 Å². The number of hydrogen-bond donors (Lipinski definition) is 1. The standard InChI is InChI=1S/C18H15FN2O2S2/c1-11-10-13(19)7-9-16(11)25(22,23)21-18-20-17-14-5-3-2-4-12(14)6-8-15(17)24-18/h2-5,7,9-10H,6,8H2,1H3,(H,20,21). The first-order chi connectivity index (χ1) is 11.9. The minimum absolute atomic E-state index is 0.0578. The second-order valence-corrected chi connectivity index (χ2v) is 8.70. The number of nitrogens with one attached hydrogen (secondary N) is 1. The van der Waals surface area contributed by atoms with E-state index >= 15 is 0 Å². The lowest BCUT2D eigenvalue weighted by atomic mass is 9.94. The van der Waals surface area contributed by atoms with Crippen LogP contribution in [0.2, 0.25) is 0 Å². The zero-order chi connectivity index (χ0) is 17.6. The van der Waals surface area contributed by atoms with Crippen molar-refractivity contribution >= 4 is 26.5 Å². The Kier molecular flexibility index (Phi) is 3.85. The van der Waals surface area contributed by atoms with Crippen molar-refractivity contribution in [2.24, 2.45) is 0 Å². The van der Waals surface area contributed by atoms with Crippen LogP contribution >= 0.6 is 11.3 Å². The smallest absolute Gasteiger partial charge is 0.255 e. The summed E-state index contributed by atoms with van der Waals surface area (Å²) in [5.41, 5.74) is 3.49. The van der Waals surface area contributed by atoms with Crippen molar-refractivity contribution < 1.29 is 12.8 Å². The quantitative estimate of drug-likeness (QED) is 0.749. The summed E-state index contributed by atoms with van der Waals surface area (Å²) < 4.78 is 41.0. The van der Waals surface area contributed by atoms with Crippen molar-refractivity contribution in [3.05, 3.63) is 64.3 Å². The fraction of sp³-hybridized carbons (Fsp3) is 0.167. The van der Waals surface area contributed by atoms with Crippen LogP contribution < -0.4 is 4.72 Å². The molecule has 2 aromatic carbocycles. The Bertz CT molecular complexity index is 1070. The number of thiazole rings is 1. The molecule has 0 aliphatic heterocycles. The number of nitrogens with zero attached hydrogens (tertiary/aromatic N) is 1. The molecule has 0 atom stereocenters. The lowest BCUT2D eigenvalue weighted by Gasteiger charge is -2.13. The summed E-state index contributed by atoms with van der Waals surface area (Å²) >= 11 is 1.35. The molecule has 1 aliphatic carbocycles. The molecule has 3 aromatic rings. The second kappa shape index (κ2) is 5.93. The summed E-state index contributed by atoms with van der Waals surface area (Å²) in [6.45, 7) is 1.57. The van der Waals surface area contributed by atoms with Gasteiger partial charge in [0, 0.05) is 10.4 Å². The van der Waals surface area contributed by atoms with Crippen LogP contribution in [0.5, 0.6) is 0 Å². The van der Waals surface area contributed by atoms with Crippen LogP contribution in [-0.4, -0.2) is 13.4 Å². The molecular formula is C18H15FN2O2S2. The van der Waals surface area contributed by atoms with E-state index in [2.05, 4.69) is 15.8 Å². The van der Waals surface area contributed by atoms with Gasteiger partial charge in [-0.1, -0.05) is 24.3 Å². The van der Waals surface area contributed by atoms with Crippen molar-refractivity contribution in [3.63, 3.8) is 0 Å². The largest absolute Gasteiger partial charge is 0.263 e. The van der Waals surface area contributed by atoms with Crippen molar-refractivity contribution in [1.29, 1.82) is 0 Å². The molecule has 0 unspecified atom stereocenters. The number of anilines is 1. The van der Waals surface area contributed by atoms with E-state index in [0.717, 1.165) is 35.0 Å². The molecule has 0 saturated carbocycles. The fourth-order valence-electron chi connectivity index (χ4n) is 3.08. The summed E-state index contributed by atoms with van der Waals surface area (Å²) in [5, 5.41) is 0.338. The first-order valence-electron chi connectivity index (χ1n) is 7.81. The topological polar surface area (TPSA) is 59.1 Å². The molecule has 1 N–H and O–H groups in total. The molecule has 7 heteroatoms. The van der Waals surface area contributed by atoms with Crippen LogP contribution in [0.4, 0.5) is 9.52 Å². The Balaban J connectivity index is 1.70. The number of aromatic nitrogens is 1. The van der Waals surface area contributed by atoms with Crippen LogP contribution in [0.25, 0.3) is 11.3 Å². The molecule has 0 spiro atoms. The maximum Gasteiger partial charge on any atom is 0.263 e. The van der Waals surface area contributed by atoms with E-state index in [1.54, 1.807) is 6.92 Å². The molecule has 0 saturated heterocycles. The lowest BCUT2D eigenvalue weighted by Crippen LogP contribution is -2.14. The Morgan fingerprint density at radius 1 is 1.16 bits per heavy atom. The molecule has 0 bridgehead atoms. The first kappa shape index (κ1) is 16.2. The highest BCUT2D eigenvalue weighted by atomic mass is 32.2. The van der Waals surface area contributed by atoms with Gasteiger partial charge in [0.2, 0.25) is 0 Å². The average molecular weight is 374 g/mol. The third-order valence-electron chi connectivity index (χ3n) is 4.24. The van der Waals surface area contributed by atoms with Gasteiger partial charge in [0.05, 0.1) is 10.6 Å². The van der Waals surface area contributed by atoms with Gasteiger partial charge in [-0.2, -0.15) is 0 Å². The summed E-state index contributed by atoms with van der Waals surface area (Å²) in [6, 6.07) is 11.7. The van der Waals surface area contributed by atoms with E-state index in [0.29, 0.717) is 10.7 Å². The summed E-state index contributed by atoms with van der Waals surface area (Å²) in [7, 11) is -3.81. The third kappa shape index (κ3) is 2.94. The third-order valence-corrected chi connectivity index (χ3v) is 6.90. The number of sulfonamides is 1. The van der Waals surface area contributed by atoms with E-state index in [-0.39, 0.29) is 4.90 Å². The maximum atomic E-state index is 13.2. The van der Waals surface area contributed by atoms with Crippen LogP contribution in [0.15, 0.2) is 47.4 Å². The minimum Gasteiger partial charge on any atom is -0.255 e. The maximum absolute atomic E-state index is 13.2. The molecule has 1 aliphatic rings. The second-order valence-electron chi connectivity index (χ2n) is 5.96. The molecule has 25 heavy (non-hydrogen) atoms. The highest BCUT2D eigenvalue weighted by molar-refractivity contribution is 7.93. The van der Waals surface area contributed by atoms with Gasteiger partial charge in [0.25, 0.3) is 10.0 Å². The Hall–Kier alpha value is -2.25. The predicted octanol–water partition coefficient (Wildman–Crippen LogP) is 4.16. The average Bonchev–Trinajstić information content (AvgIpc) is 2.96. The van der Waals surface area contributed by atoms with Crippen molar-refractivity contribution in [2.75, 3.05) is 4.72 Å². The molecule has 1 aromatic heterocycles. The fourth-order valence-corrected chi connectivity index (χ4v) is 5.52. The zero-order valence-electron chi connectivity index (χ0n) is 13.4. The Morgan fingerprint density at radius 3 is 2.76 bits per heavy atom. The van der Waals surface area contributed by atoms with E-state index in [4.69, 9.17) is 0 Å². The molecule has 4 nitrogen and oxygen atoms in total. The molecule has 0 fully saturated rings. The molecule has 128 valence electrons. The van der Waals surface area contributed by atoms with Gasteiger partial charge in [0.1, 0.15) is 5.82 Å². The number of fused-ring (bicyclic) bond motifs is 3. The summed E-state index contributed by atoms with van der Waals surface area (Å²) in [6.07, 6.45) is 1.77. The first-order valence-corrected chi connectivity index (χ1v) is 10.1. The van der Waals surface area contributed by atoms with Crippen LogP contribution in [0, 0.1) is 12.7 Å². The summed E-state index contributed by atoms with van der Waals surface area (Å²) in [5.74, 6) is -0.460. The molecular weight excluding hydrogens is 359 g/mol. The number of rotatable bonds is 3. The molecule has 1 heterocycles. The highest BCUT2D eigenvalue weighted by Gasteiger charge is 2.24. The Morgan fingerprint density at radius 2 is 1.96 bits per heavy atom. The minimum atomic E-state index is -3.81. The van der Waals surface area contributed by atoms with E-state index in [1.165, 1.54) is 29.0 Å². The molecule has 4 rings (SSSR count). The number of benzene rings is 2. The SMILES string of the molecule is Cc1cc(F)ccc1S(=O)(=O)Nc1nc2c(s1)CCc1ccccc1-2. The number of hydrogen-bond acceptors (Lipinski definition) is 4. The van der Waals surface area contributed by atoms with Gasteiger partial charge >= 0.3 is 0 Å². The van der Waals surface area contributed by atoms with Gasteiger partial charge in [-0.15, -0.1) is 11.3 Å². The van der Waals surface area contributed by atoms with Crippen molar-refractivity contribution in [3.8, 4) is 11.3 Å². The zero-order valence-corrected chi connectivity index (χ0v) is 15.0. The van der Waals surface area contributed by atoms with Crippen LogP contribution in [0.1, 0.15) is 16.0 Å². The molecule has 0 radical (unpaired) electrons. The van der Waals surface area contributed by atoms with Crippen LogP contribution in [-0.2, 0) is 22.9 Å². The normalized spacial score (nSPS) is 13.2.